The third kappa shape index (κ3) is 3.93. The van der Waals surface area contributed by atoms with Gasteiger partial charge in [0.05, 0.1) is 18.6 Å². The van der Waals surface area contributed by atoms with Crippen molar-refractivity contribution in [1.82, 2.24) is 18.7 Å². The van der Waals surface area contributed by atoms with E-state index in [2.05, 4.69) is 10.3 Å². The summed E-state index contributed by atoms with van der Waals surface area (Å²) in [5, 5.41) is 3.34. The first-order valence-electron chi connectivity index (χ1n) is 9.11. The smallest absolute Gasteiger partial charge is 0.332 e. The van der Waals surface area contributed by atoms with Crippen molar-refractivity contribution in [2.45, 2.75) is 25.0 Å². The van der Waals surface area contributed by atoms with Gasteiger partial charge in [0.15, 0.2) is 16.3 Å². The molecule has 0 unspecified atom stereocenters. The van der Waals surface area contributed by atoms with Crippen LogP contribution in [0.5, 0.6) is 5.75 Å². The fraction of sp³-hybridized carbons (Fsp3) is 0.368. The van der Waals surface area contributed by atoms with Gasteiger partial charge in [0, 0.05) is 20.6 Å². The largest absolute Gasteiger partial charge is 0.495 e. The average Bonchev–Trinajstić information content (AvgIpc) is 3.08. The van der Waals surface area contributed by atoms with E-state index in [9.17, 15) is 14.4 Å². The van der Waals surface area contributed by atoms with Crippen LogP contribution in [0.3, 0.4) is 0 Å². The van der Waals surface area contributed by atoms with Gasteiger partial charge in [0.2, 0.25) is 5.91 Å². The predicted octanol–water partition coefficient (Wildman–Crippen LogP) is 1.58. The van der Waals surface area contributed by atoms with Crippen LogP contribution >= 0.6 is 11.8 Å². The topological polar surface area (TPSA) is 100 Å². The summed E-state index contributed by atoms with van der Waals surface area (Å²) >= 11 is 1.22. The molecule has 1 aromatic carbocycles. The summed E-state index contributed by atoms with van der Waals surface area (Å²) in [7, 11) is 4.56. The summed E-state index contributed by atoms with van der Waals surface area (Å²) in [6, 6.07) is 7.15. The van der Waals surface area contributed by atoms with Crippen molar-refractivity contribution >= 4 is 34.5 Å². The highest BCUT2D eigenvalue weighted by Gasteiger charge is 2.20. The molecule has 3 rings (SSSR count). The third-order valence-electron chi connectivity index (χ3n) is 4.47. The standard InChI is InChI=1S/C19H23N5O4S/c1-5-10-24-15-16(22(2)19(27)23(3)17(15)26)21-18(24)29-11-14(25)20-12-8-6-7-9-13(12)28-4/h6-9H,5,10-11H2,1-4H3,(H,20,25). The van der Waals surface area contributed by atoms with Crippen molar-refractivity contribution < 1.29 is 9.53 Å². The van der Waals surface area contributed by atoms with Crippen molar-refractivity contribution in [2.24, 2.45) is 14.1 Å². The maximum absolute atomic E-state index is 12.6. The third-order valence-corrected chi connectivity index (χ3v) is 5.45. The molecule has 1 amide bonds. The maximum Gasteiger partial charge on any atom is 0.332 e. The number of methoxy groups -OCH3 is 1. The number of hydrogen-bond donors (Lipinski definition) is 1. The molecule has 0 saturated heterocycles. The van der Waals surface area contributed by atoms with Crippen molar-refractivity contribution in [3.63, 3.8) is 0 Å². The molecule has 2 aromatic heterocycles. The van der Waals surface area contributed by atoms with Gasteiger partial charge in [0.25, 0.3) is 5.56 Å². The second-order valence-corrected chi connectivity index (χ2v) is 7.40. The minimum Gasteiger partial charge on any atom is -0.495 e. The van der Waals surface area contributed by atoms with E-state index in [1.807, 2.05) is 19.1 Å². The number of hydrogen-bond acceptors (Lipinski definition) is 6. The molecule has 0 saturated carbocycles. The van der Waals surface area contributed by atoms with E-state index >= 15 is 0 Å². The maximum atomic E-state index is 12.6. The molecule has 0 aliphatic carbocycles. The van der Waals surface area contributed by atoms with Gasteiger partial charge in [-0.3, -0.25) is 18.7 Å². The Balaban J connectivity index is 1.90. The number of nitrogens with zero attached hydrogens (tertiary/aromatic N) is 4. The lowest BCUT2D eigenvalue weighted by molar-refractivity contribution is -0.113. The van der Waals surface area contributed by atoms with E-state index in [0.717, 1.165) is 11.0 Å². The van der Waals surface area contributed by atoms with Crippen LogP contribution in [0.4, 0.5) is 5.69 Å². The Morgan fingerprint density at radius 3 is 2.62 bits per heavy atom. The fourth-order valence-electron chi connectivity index (χ4n) is 3.03. The zero-order valence-electron chi connectivity index (χ0n) is 16.8. The normalized spacial score (nSPS) is 11.0. The minimum atomic E-state index is -0.436. The molecule has 0 bridgehead atoms. The molecule has 0 spiro atoms. The zero-order chi connectivity index (χ0) is 21.1. The van der Waals surface area contributed by atoms with Gasteiger partial charge >= 0.3 is 5.69 Å². The van der Waals surface area contributed by atoms with Crippen molar-refractivity contribution in [3.8, 4) is 5.75 Å². The summed E-state index contributed by atoms with van der Waals surface area (Å²) in [4.78, 5) is 41.8. The van der Waals surface area contributed by atoms with Crippen LogP contribution in [-0.4, -0.2) is 37.5 Å². The molecule has 9 nitrogen and oxygen atoms in total. The van der Waals surface area contributed by atoms with E-state index in [1.54, 1.807) is 23.7 Å². The summed E-state index contributed by atoms with van der Waals surface area (Å²) in [6.45, 7) is 2.54. The summed E-state index contributed by atoms with van der Waals surface area (Å²) in [6.07, 6.45) is 0.776. The molecule has 3 aromatic rings. The lowest BCUT2D eigenvalue weighted by Crippen LogP contribution is -2.37. The second kappa shape index (κ2) is 8.56. The number of aryl methyl sites for hydroxylation is 2. The number of thioether (sulfide) groups is 1. The summed E-state index contributed by atoms with van der Waals surface area (Å²) in [5.41, 5.74) is 0.436. The van der Waals surface area contributed by atoms with Gasteiger partial charge < -0.3 is 14.6 Å². The van der Waals surface area contributed by atoms with Crippen molar-refractivity contribution in [1.29, 1.82) is 0 Å². The monoisotopic (exact) mass is 417 g/mol. The Morgan fingerprint density at radius 2 is 1.93 bits per heavy atom. The molecule has 0 radical (unpaired) electrons. The van der Waals surface area contributed by atoms with Crippen LogP contribution in [-0.2, 0) is 25.4 Å². The number of rotatable bonds is 7. The number of amides is 1. The first kappa shape index (κ1) is 20.7. The molecule has 0 aliphatic heterocycles. The number of carbonyl (C=O) groups excluding carboxylic acids is 1. The molecule has 29 heavy (non-hydrogen) atoms. The Hall–Kier alpha value is -3.01. The first-order chi connectivity index (χ1) is 13.9. The fourth-order valence-corrected chi connectivity index (χ4v) is 3.85. The van der Waals surface area contributed by atoms with Crippen LogP contribution in [0.2, 0.25) is 0 Å². The van der Waals surface area contributed by atoms with Crippen molar-refractivity contribution in [2.75, 3.05) is 18.2 Å². The molecule has 2 heterocycles. The van der Waals surface area contributed by atoms with Crippen molar-refractivity contribution in [3.05, 3.63) is 45.1 Å². The van der Waals surface area contributed by atoms with E-state index in [4.69, 9.17) is 4.74 Å². The second-order valence-electron chi connectivity index (χ2n) is 6.46. The lowest BCUT2D eigenvalue weighted by Gasteiger charge is -2.10. The highest BCUT2D eigenvalue weighted by molar-refractivity contribution is 7.99. The number of anilines is 1. The van der Waals surface area contributed by atoms with Gasteiger partial charge in [-0.15, -0.1) is 0 Å². The number of ether oxygens (including phenoxy) is 1. The first-order valence-corrected chi connectivity index (χ1v) is 10.1. The van der Waals surface area contributed by atoms with Gasteiger partial charge in [0.1, 0.15) is 5.75 Å². The summed E-state index contributed by atoms with van der Waals surface area (Å²) in [5.74, 6) is 0.443. The van der Waals surface area contributed by atoms with Crippen LogP contribution < -0.4 is 21.3 Å². The average molecular weight is 417 g/mol. The SMILES string of the molecule is CCCn1c(SCC(=O)Nc2ccccc2OC)nc2c1c(=O)n(C)c(=O)n2C. The molecule has 0 fully saturated rings. The van der Waals surface area contributed by atoms with Crippen LogP contribution in [0, 0.1) is 0 Å². The predicted molar refractivity (Wildman–Crippen MR) is 113 cm³/mol. The molecule has 10 heteroatoms. The molecule has 154 valence electrons. The van der Waals surface area contributed by atoms with E-state index < -0.39 is 11.2 Å². The van der Waals surface area contributed by atoms with Gasteiger partial charge in [-0.05, 0) is 18.6 Å². The highest BCUT2D eigenvalue weighted by atomic mass is 32.2. The number of nitrogens with one attached hydrogen (secondary N) is 1. The number of imidazole rings is 1. The number of aromatic nitrogens is 4. The minimum absolute atomic E-state index is 0.0966. The lowest BCUT2D eigenvalue weighted by atomic mass is 10.3. The quantitative estimate of drug-likeness (QED) is 0.586. The summed E-state index contributed by atoms with van der Waals surface area (Å²) < 4.78 is 9.43. The van der Waals surface area contributed by atoms with Crippen LogP contribution in [0.15, 0.2) is 39.0 Å². The number of para-hydroxylation sites is 2. The molecule has 0 aliphatic rings. The Kier molecular flexibility index (Phi) is 6.12. The van der Waals surface area contributed by atoms with Crippen LogP contribution in [0.1, 0.15) is 13.3 Å². The Labute approximate surface area is 171 Å². The zero-order valence-corrected chi connectivity index (χ0v) is 17.6. The van der Waals surface area contributed by atoms with Gasteiger partial charge in [-0.25, -0.2) is 9.78 Å². The Morgan fingerprint density at radius 1 is 1.21 bits per heavy atom. The number of carbonyl (C=O) groups is 1. The molecule has 1 N–H and O–H groups in total. The van der Waals surface area contributed by atoms with E-state index in [-0.39, 0.29) is 11.7 Å². The highest BCUT2D eigenvalue weighted by Crippen LogP contribution is 2.25. The van der Waals surface area contributed by atoms with E-state index in [1.165, 1.54) is 30.5 Å². The molecular formula is C19H23N5O4S. The Bertz CT molecular complexity index is 1180. The van der Waals surface area contributed by atoms with Gasteiger partial charge in [-0.1, -0.05) is 30.8 Å². The number of fused-ring (bicyclic) bond motifs is 1. The van der Waals surface area contributed by atoms with E-state index in [0.29, 0.717) is 34.3 Å². The molecule has 0 atom stereocenters. The van der Waals surface area contributed by atoms with Crippen LogP contribution in [0.25, 0.3) is 11.2 Å². The molecular weight excluding hydrogens is 394 g/mol. The van der Waals surface area contributed by atoms with Gasteiger partial charge in [-0.2, -0.15) is 0 Å². The number of benzene rings is 1.